The van der Waals surface area contributed by atoms with Crippen molar-refractivity contribution in [2.45, 2.75) is 69.4 Å². The number of ether oxygens (including phenoxy) is 2. The smallest absolute Gasteiger partial charge is 0.120 e. The summed E-state index contributed by atoms with van der Waals surface area (Å²) in [5, 5.41) is 27.6. The van der Waals surface area contributed by atoms with E-state index in [-0.39, 0.29) is 37.4 Å². The average molecular weight is 283 g/mol. The molecule has 5 heteroatoms. The fourth-order valence-corrected chi connectivity index (χ4v) is 3.41. The summed E-state index contributed by atoms with van der Waals surface area (Å²) in [5.41, 5.74) is -0.599. The van der Waals surface area contributed by atoms with E-state index in [1.54, 1.807) is 0 Å². The first kappa shape index (κ1) is 15.7. The third-order valence-electron chi connectivity index (χ3n) is 4.46. The molecule has 0 aromatic heterocycles. The maximum absolute atomic E-state index is 9.78. The van der Waals surface area contributed by atoms with Crippen molar-refractivity contribution < 1.29 is 19.7 Å². The quantitative estimate of drug-likeness (QED) is 0.769. The van der Waals surface area contributed by atoms with Gasteiger partial charge in [0, 0.05) is 18.9 Å². The molecule has 114 valence electrons. The number of nitriles is 1. The average Bonchev–Trinajstić information content (AvgIpc) is 2.83. The standard InChI is InChI=1S/C15H25NO4/c1-11(9-16)7-12-4-5-14-15(10-18,20-12)8-13(19-14)3-2-6-17/h11-14,17-18H,2-8,10H2,1H3/t11-,12-,13+,14+,15-/m1/s1. The fraction of sp³-hybridized carbons (Fsp3) is 0.933. The summed E-state index contributed by atoms with van der Waals surface area (Å²) in [4.78, 5) is 0. The van der Waals surface area contributed by atoms with E-state index >= 15 is 0 Å². The van der Waals surface area contributed by atoms with Crippen LogP contribution in [0.1, 0.15) is 45.4 Å². The second-order valence-electron chi connectivity index (χ2n) is 6.12. The van der Waals surface area contributed by atoms with Crippen LogP contribution in [0.25, 0.3) is 0 Å². The Labute approximate surface area is 120 Å². The Morgan fingerprint density at radius 1 is 1.35 bits per heavy atom. The molecule has 5 atom stereocenters. The van der Waals surface area contributed by atoms with Crippen LogP contribution < -0.4 is 0 Å². The summed E-state index contributed by atoms with van der Waals surface area (Å²) in [6, 6.07) is 2.24. The monoisotopic (exact) mass is 283 g/mol. The third kappa shape index (κ3) is 3.32. The normalized spacial score (nSPS) is 38.2. The van der Waals surface area contributed by atoms with Crippen LogP contribution in [0.3, 0.4) is 0 Å². The topological polar surface area (TPSA) is 82.7 Å². The Hall–Kier alpha value is -0.670. The Bertz CT molecular complexity index is 356. The van der Waals surface area contributed by atoms with E-state index in [0.717, 1.165) is 19.3 Å². The molecule has 2 aliphatic heterocycles. The van der Waals surface area contributed by atoms with Gasteiger partial charge in [-0.25, -0.2) is 0 Å². The molecular formula is C15H25NO4. The van der Waals surface area contributed by atoms with E-state index < -0.39 is 5.60 Å². The summed E-state index contributed by atoms with van der Waals surface area (Å²) in [5.74, 6) is -0.0280. The van der Waals surface area contributed by atoms with Gasteiger partial charge in [-0.2, -0.15) is 5.26 Å². The van der Waals surface area contributed by atoms with Crippen molar-refractivity contribution in [2.75, 3.05) is 13.2 Å². The van der Waals surface area contributed by atoms with Crippen molar-refractivity contribution in [3.63, 3.8) is 0 Å². The van der Waals surface area contributed by atoms with Crippen LogP contribution in [0, 0.1) is 17.2 Å². The van der Waals surface area contributed by atoms with Gasteiger partial charge in [-0.15, -0.1) is 0 Å². The number of hydrogen-bond donors (Lipinski definition) is 2. The number of hydrogen-bond acceptors (Lipinski definition) is 5. The molecule has 2 saturated heterocycles. The maximum Gasteiger partial charge on any atom is 0.120 e. The van der Waals surface area contributed by atoms with Gasteiger partial charge in [-0.1, -0.05) is 0 Å². The predicted molar refractivity (Wildman–Crippen MR) is 72.9 cm³/mol. The zero-order valence-corrected chi connectivity index (χ0v) is 12.1. The molecule has 0 spiro atoms. The van der Waals surface area contributed by atoms with E-state index in [9.17, 15) is 5.11 Å². The molecule has 0 unspecified atom stereocenters. The minimum absolute atomic E-state index is 0.0280. The van der Waals surface area contributed by atoms with Crippen LogP contribution in [0.2, 0.25) is 0 Å². The molecule has 0 aromatic carbocycles. The Kier molecular flexibility index (Phi) is 5.39. The molecule has 0 aromatic rings. The van der Waals surface area contributed by atoms with Crippen LogP contribution in [0.15, 0.2) is 0 Å². The number of fused-ring (bicyclic) bond motifs is 1. The first-order valence-corrected chi connectivity index (χ1v) is 7.58. The zero-order chi connectivity index (χ0) is 14.6. The van der Waals surface area contributed by atoms with Crippen LogP contribution in [-0.2, 0) is 9.47 Å². The van der Waals surface area contributed by atoms with Gasteiger partial charge in [-0.3, -0.25) is 0 Å². The lowest BCUT2D eigenvalue weighted by molar-refractivity contribution is -0.185. The molecule has 2 heterocycles. The highest BCUT2D eigenvalue weighted by atomic mass is 16.6. The number of nitrogens with zero attached hydrogens (tertiary/aromatic N) is 1. The molecule has 0 radical (unpaired) electrons. The van der Waals surface area contributed by atoms with Gasteiger partial charge in [0.25, 0.3) is 0 Å². The van der Waals surface area contributed by atoms with Gasteiger partial charge in [0.2, 0.25) is 0 Å². The highest BCUT2D eigenvalue weighted by Crippen LogP contribution is 2.43. The Balaban J connectivity index is 1.96. The van der Waals surface area contributed by atoms with Gasteiger partial charge in [0.1, 0.15) is 5.60 Å². The molecule has 0 aliphatic carbocycles. The van der Waals surface area contributed by atoms with Gasteiger partial charge < -0.3 is 19.7 Å². The van der Waals surface area contributed by atoms with Crippen LogP contribution in [0.4, 0.5) is 0 Å². The van der Waals surface area contributed by atoms with Crippen molar-refractivity contribution >= 4 is 0 Å². The van der Waals surface area contributed by atoms with E-state index in [0.29, 0.717) is 19.3 Å². The van der Waals surface area contributed by atoms with Crippen LogP contribution in [-0.4, -0.2) is 47.3 Å². The van der Waals surface area contributed by atoms with Crippen molar-refractivity contribution in [2.24, 2.45) is 5.92 Å². The third-order valence-corrected chi connectivity index (χ3v) is 4.46. The SMILES string of the molecule is C[C@@H](C#N)C[C@H]1CC[C@@H]2O[C@@H](CCCO)C[C@]2(CO)O1. The van der Waals surface area contributed by atoms with E-state index in [1.165, 1.54) is 0 Å². The summed E-state index contributed by atoms with van der Waals surface area (Å²) in [7, 11) is 0. The Morgan fingerprint density at radius 2 is 2.15 bits per heavy atom. The van der Waals surface area contributed by atoms with E-state index in [4.69, 9.17) is 19.8 Å². The summed E-state index contributed by atoms with van der Waals surface area (Å²) in [6.45, 7) is 2.03. The van der Waals surface area contributed by atoms with Gasteiger partial charge >= 0.3 is 0 Å². The molecule has 20 heavy (non-hydrogen) atoms. The molecule has 0 saturated carbocycles. The van der Waals surface area contributed by atoms with Gasteiger partial charge in [-0.05, 0) is 39.0 Å². The number of aliphatic hydroxyl groups excluding tert-OH is 2. The van der Waals surface area contributed by atoms with Crippen LogP contribution in [0.5, 0.6) is 0 Å². The number of aliphatic hydroxyl groups is 2. The first-order chi connectivity index (χ1) is 9.63. The minimum atomic E-state index is -0.599. The zero-order valence-electron chi connectivity index (χ0n) is 12.1. The maximum atomic E-state index is 9.78. The Morgan fingerprint density at radius 3 is 2.80 bits per heavy atom. The predicted octanol–water partition coefficient (Wildman–Crippen LogP) is 1.38. The first-order valence-electron chi connectivity index (χ1n) is 7.58. The fourth-order valence-electron chi connectivity index (χ4n) is 3.41. The van der Waals surface area contributed by atoms with E-state index in [1.807, 2.05) is 6.92 Å². The number of rotatable bonds is 6. The lowest BCUT2D eigenvalue weighted by Crippen LogP contribution is -2.51. The van der Waals surface area contributed by atoms with Crippen molar-refractivity contribution in [1.29, 1.82) is 5.26 Å². The lowest BCUT2D eigenvalue weighted by atomic mass is 9.85. The highest BCUT2D eigenvalue weighted by Gasteiger charge is 2.52. The molecule has 2 fully saturated rings. The van der Waals surface area contributed by atoms with Gasteiger partial charge in [0.05, 0.1) is 31.0 Å². The summed E-state index contributed by atoms with van der Waals surface area (Å²) < 4.78 is 12.1. The second kappa shape index (κ2) is 6.86. The molecule has 0 amide bonds. The van der Waals surface area contributed by atoms with Crippen molar-refractivity contribution in [3.8, 4) is 6.07 Å². The van der Waals surface area contributed by atoms with E-state index in [2.05, 4.69) is 6.07 Å². The van der Waals surface area contributed by atoms with Crippen LogP contribution >= 0.6 is 0 Å². The molecular weight excluding hydrogens is 258 g/mol. The van der Waals surface area contributed by atoms with Crippen molar-refractivity contribution in [3.05, 3.63) is 0 Å². The summed E-state index contributed by atoms with van der Waals surface area (Å²) in [6.07, 6.45) is 4.72. The van der Waals surface area contributed by atoms with Gasteiger partial charge in [0.15, 0.2) is 0 Å². The summed E-state index contributed by atoms with van der Waals surface area (Å²) >= 11 is 0. The second-order valence-corrected chi connectivity index (χ2v) is 6.12. The molecule has 5 nitrogen and oxygen atoms in total. The molecule has 2 aliphatic rings. The molecule has 2 N–H and O–H groups in total. The van der Waals surface area contributed by atoms with Crippen molar-refractivity contribution in [1.82, 2.24) is 0 Å². The molecule has 0 bridgehead atoms. The largest absolute Gasteiger partial charge is 0.396 e. The highest BCUT2D eigenvalue weighted by molar-refractivity contribution is 5.01. The lowest BCUT2D eigenvalue weighted by Gasteiger charge is -2.41. The molecule has 2 rings (SSSR count). The minimum Gasteiger partial charge on any atom is -0.396 e.